The third-order valence-corrected chi connectivity index (χ3v) is 6.26. The molecule has 3 aromatic rings. The molecule has 1 aliphatic rings. The lowest BCUT2D eigenvalue weighted by Gasteiger charge is -2.28. The van der Waals surface area contributed by atoms with Crippen LogP contribution in [0.3, 0.4) is 0 Å². The molecule has 0 bridgehead atoms. The molecule has 0 saturated carbocycles. The van der Waals surface area contributed by atoms with Crippen LogP contribution in [0.2, 0.25) is 0 Å². The molecule has 0 N–H and O–H groups in total. The van der Waals surface area contributed by atoms with E-state index in [9.17, 15) is 4.79 Å². The molecular weight excluding hydrogens is 446 g/mol. The van der Waals surface area contributed by atoms with E-state index in [-0.39, 0.29) is 12.0 Å². The van der Waals surface area contributed by atoms with Crippen molar-refractivity contribution in [3.63, 3.8) is 0 Å². The van der Waals surface area contributed by atoms with E-state index < -0.39 is 0 Å². The Balaban J connectivity index is 1.80. The Morgan fingerprint density at radius 3 is 2.40 bits per heavy atom. The fraction of sp³-hybridized carbons (Fsp3) is 0.407. The first-order chi connectivity index (χ1) is 17.0. The summed E-state index contributed by atoms with van der Waals surface area (Å²) in [6.45, 7) is 1.56. The van der Waals surface area contributed by atoms with Crippen LogP contribution >= 0.6 is 0 Å². The van der Waals surface area contributed by atoms with E-state index in [0.717, 1.165) is 36.2 Å². The van der Waals surface area contributed by atoms with Gasteiger partial charge in [0.15, 0.2) is 0 Å². The summed E-state index contributed by atoms with van der Waals surface area (Å²) in [5, 5.41) is 0.828. The molecule has 0 radical (unpaired) electrons. The summed E-state index contributed by atoms with van der Waals surface area (Å²) in [6.07, 6.45) is 1.93. The number of nitrogens with zero attached hydrogens (tertiary/aromatic N) is 3. The van der Waals surface area contributed by atoms with Crippen LogP contribution in [0.25, 0.3) is 10.9 Å². The summed E-state index contributed by atoms with van der Waals surface area (Å²) >= 11 is 0. The number of aromatic nitrogens is 1. The second-order valence-corrected chi connectivity index (χ2v) is 8.75. The van der Waals surface area contributed by atoms with Crippen molar-refractivity contribution in [1.82, 2.24) is 9.88 Å². The van der Waals surface area contributed by atoms with Crippen LogP contribution in [0, 0.1) is 0 Å². The fourth-order valence-electron chi connectivity index (χ4n) is 4.54. The zero-order chi connectivity index (χ0) is 24.9. The highest BCUT2D eigenvalue weighted by Crippen LogP contribution is 2.36. The topological polar surface area (TPSA) is 73.4 Å². The van der Waals surface area contributed by atoms with Crippen molar-refractivity contribution in [3.05, 3.63) is 53.6 Å². The lowest BCUT2D eigenvalue weighted by molar-refractivity contribution is 0.0505. The number of ether oxygens (including phenoxy) is 4. The summed E-state index contributed by atoms with van der Waals surface area (Å²) in [5.41, 5.74) is 2.13. The van der Waals surface area contributed by atoms with Gasteiger partial charge in [-0.15, -0.1) is 0 Å². The van der Waals surface area contributed by atoms with E-state index in [0.29, 0.717) is 41.4 Å². The number of rotatable bonds is 9. The van der Waals surface area contributed by atoms with Gasteiger partial charge < -0.3 is 28.7 Å². The molecule has 1 unspecified atom stereocenters. The minimum absolute atomic E-state index is 0.000455. The Kier molecular flexibility index (Phi) is 7.60. The molecule has 1 aliphatic heterocycles. The van der Waals surface area contributed by atoms with E-state index in [2.05, 4.69) is 0 Å². The van der Waals surface area contributed by atoms with Crippen LogP contribution in [0.4, 0.5) is 5.82 Å². The van der Waals surface area contributed by atoms with Gasteiger partial charge in [-0.2, -0.15) is 0 Å². The number of pyridine rings is 1. The predicted octanol–water partition coefficient (Wildman–Crippen LogP) is 4.15. The summed E-state index contributed by atoms with van der Waals surface area (Å²) < 4.78 is 22.6. The number of methoxy groups -OCH3 is 3. The number of para-hydroxylation sites is 1. The summed E-state index contributed by atoms with van der Waals surface area (Å²) in [6, 6.07) is 13.1. The van der Waals surface area contributed by atoms with E-state index in [4.69, 9.17) is 23.9 Å². The average Bonchev–Trinajstić information content (AvgIpc) is 3.39. The quantitative estimate of drug-likeness (QED) is 0.457. The normalized spacial score (nSPS) is 15.2. The molecule has 1 aromatic heterocycles. The van der Waals surface area contributed by atoms with E-state index >= 15 is 0 Å². The molecule has 8 nitrogen and oxygen atoms in total. The van der Waals surface area contributed by atoms with Gasteiger partial charge in [-0.25, -0.2) is 4.98 Å². The number of carbonyl (C=O) groups is 1. The second kappa shape index (κ2) is 10.8. The molecule has 4 rings (SSSR count). The number of hydrogen-bond donors (Lipinski definition) is 0. The van der Waals surface area contributed by atoms with Crippen molar-refractivity contribution in [2.75, 3.05) is 53.5 Å². The Labute approximate surface area is 206 Å². The van der Waals surface area contributed by atoms with Crippen molar-refractivity contribution < 1.29 is 23.7 Å². The maximum atomic E-state index is 13.8. The zero-order valence-electron chi connectivity index (χ0n) is 21.0. The zero-order valence-corrected chi connectivity index (χ0v) is 21.0. The van der Waals surface area contributed by atoms with Crippen LogP contribution in [0.5, 0.6) is 17.2 Å². The molecule has 35 heavy (non-hydrogen) atoms. The van der Waals surface area contributed by atoms with Gasteiger partial charge in [0.05, 0.1) is 33.0 Å². The maximum absolute atomic E-state index is 13.8. The number of amides is 1. The molecule has 1 atom stereocenters. The second-order valence-electron chi connectivity index (χ2n) is 8.75. The van der Waals surface area contributed by atoms with Gasteiger partial charge in [-0.05, 0) is 43.2 Å². The third kappa shape index (κ3) is 5.12. The van der Waals surface area contributed by atoms with Crippen molar-refractivity contribution in [2.24, 2.45) is 0 Å². The third-order valence-electron chi connectivity index (χ3n) is 6.26. The monoisotopic (exact) mass is 479 g/mol. The van der Waals surface area contributed by atoms with E-state index in [1.54, 1.807) is 33.5 Å². The van der Waals surface area contributed by atoms with Crippen molar-refractivity contribution >= 4 is 22.6 Å². The summed E-state index contributed by atoms with van der Waals surface area (Å²) in [7, 11) is 8.72. The van der Waals surface area contributed by atoms with Crippen molar-refractivity contribution in [1.29, 1.82) is 0 Å². The van der Waals surface area contributed by atoms with E-state index in [1.165, 1.54) is 0 Å². The first kappa shape index (κ1) is 24.6. The number of fused-ring (bicyclic) bond motifs is 1. The van der Waals surface area contributed by atoms with Crippen LogP contribution in [0.1, 0.15) is 28.8 Å². The first-order valence-corrected chi connectivity index (χ1v) is 11.7. The number of hydrogen-bond acceptors (Lipinski definition) is 7. The molecule has 0 aliphatic carbocycles. The molecule has 2 heterocycles. The molecule has 2 aromatic carbocycles. The average molecular weight is 480 g/mol. The molecule has 1 saturated heterocycles. The van der Waals surface area contributed by atoms with E-state index in [1.807, 2.05) is 54.2 Å². The van der Waals surface area contributed by atoms with Crippen LogP contribution in [-0.2, 0) is 11.3 Å². The standard InChI is InChI=1S/C27H33N3O5/c1-29(2)26-18(15-21-23(33-4)12-13-24(34-5)25(21)28-26)16-30(17-19-9-8-14-35-19)27(31)20-10-6-7-11-22(20)32-3/h6-7,10-13,15,19H,8-9,14,16-17H2,1-5H3. The van der Waals surface area contributed by atoms with Crippen molar-refractivity contribution in [3.8, 4) is 17.2 Å². The van der Waals surface area contributed by atoms with Crippen LogP contribution in [0.15, 0.2) is 42.5 Å². The van der Waals surface area contributed by atoms with Gasteiger partial charge in [0.1, 0.15) is 28.6 Å². The lowest BCUT2D eigenvalue weighted by Crippen LogP contribution is -2.37. The smallest absolute Gasteiger partial charge is 0.258 e. The molecule has 1 amide bonds. The number of benzene rings is 2. The summed E-state index contributed by atoms with van der Waals surface area (Å²) in [5.74, 6) is 2.55. The highest BCUT2D eigenvalue weighted by molar-refractivity contribution is 5.97. The number of anilines is 1. The Morgan fingerprint density at radius 2 is 1.74 bits per heavy atom. The summed E-state index contributed by atoms with van der Waals surface area (Å²) in [4.78, 5) is 22.5. The number of carbonyl (C=O) groups excluding carboxylic acids is 1. The van der Waals surface area contributed by atoms with Gasteiger partial charge in [0, 0.05) is 44.7 Å². The van der Waals surface area contributed by atoms with Crippen molar-refractivity contribution in [2.45, 2.75) is 25.5 Å². The Morgan fingerprint density at radius 1 is 1.03 bits per heavy atom. The van der Waals surface area contributed by atoms with Gasteiger partial charge in [0.25, 0.3) is 5.91 Å². The fourth-order valence-corrected chi connectivity index (χ4v) is 4.54. The molecule has 0 spiro atoms. The molecular formula is C27H33N3O5. The molecule has 1 fully saturated rings. The highest BCUT2D eigenvalue weighted by Gasteiger charge is 2.27. The molecule has 186 valence electrons. The Hall–Kier alpha value is -3.52. The molecule has 8 heteroatoms. The van der Waals surface area contributed by atoms with Gasteiger partial charge >= 0.3 is 0 Å². The minimum Gasteiger partial charge on any atom is -0.496 e. The van der Waals surface area contributed by atoms with Gasteiger partial charge in [0.2, 0.25) is 0 Å². The first-order valence-electron chi connectivity index (χ1n) is 11.7. The van der Waals surface area contributed by atoms with Crippen LogP contribution in [-0.4, -0.2) is 70.5 Å². The Bertz CT molecular complexity index is 1190. The largest absolute Gasteiger partial charge is 0.496 e. The van der Waals surface area contributed by atoms with Gasteiger partial charge in [-0.1, -0.05) is 12.1 Å². The van der Waals surface area contributed by atoms with Gasteiger partial charge in [-0.3, -0.25) is 4.79 Å². The minimum atomic E-state index is -0.111. The lowest BCUT2D eigenvalue weighted by atomic mass is 10.1. The maximum Gasteiger partial charge on any atom is 0.258 e. The highest BCUT2D eigenvalue weighted by atomic mass is 16.5. The van der Waals surface area contributed by atoms with Crippen LogP contribution < -0.4 is 19.1 Å². The predicted molar refractivity (Wildman–Crippen MR) is 136 cm³/mol. The SMILES string of the molecule is COc1ccccc1C(=O)N(Cc1cc2c(OC)ccc(OC)c2nc1N(C)C)CC1CCCO1.